The van der Waals surface area contributed by atoms with Crippen molar-refractivity contribution in [3.05, 3.63) is 5.56 Å². The van der Waals surface area contributed by atoms with Gasteiger partial charge in [0.2, 0.25) is 0 Å². The SMILES string of the molecule is Nc1nsc(NCCC2CCOC2)c1C(=O)NC1CC1. The molecule has 0 aromatic carbocycles. The molecule has 2 aliphatic rings. The molecule has 20 heavy (non-hydrogen) atoms. The molecule has 0 radical (unpaired) electrons. The predicted octanol–water partition coefficient (Wildman–Crippen LogP) is 1.46. The number of nitrogens with one attached hydrogen (secondary N) is 2. The Bertz CT molecular complexity index is 481. The number of ether oxygens (including phenoxy) is 1. The second kappa shape index (κ2) is 5.97. The average Bonchev–Trinajstić information content (AvgIpc) is 2.95. The molecule has 1 unspecified atom stereocenters. The molecule has 110 valence electrons. The van der Waals surface area contributed by atoms with Crippen LogP contribution in [0.4, 0.5) is 10.8 Å². The van der Waals surface area contributed by atoms with Crippen LogP contribution in [0.1, 0.15) is 36.0 Å². The third kappa shape index (κ3) is 3.21. The number of carbonyl (C=O) groups is 1. The van der Waals surface area contributed by atoms with Gasteiger partial charge in [-0.25, -0.2) is 0 Å². The highest BCUT2D eigenvalue weighted by Crippen LogP contribution is 2.28. The summed E-state index contributed by atoms with van der Waals surface area (Å²) in [7, 11) is 0. The molecule has 2 heterocycles. The topological polar surface area (TPSA) is 89.3 Å². The van der Waals surface area contributed by atoms with E-state index in [-0.39, 0.29) is 5.91 Å². The lowest BCUT2D eigenvalue weighted by molar-refractivity contribution is 0.0953. The van der Waals surface area contributed by atoms with Crippen molar-refractivity contribution < 1.29 is 9.53 Å². The summed E-state index contributed by atoms with van der Waals surface area (Å²) in [5.41, 5.74) is 6.31. The second-order valence-electron chi connectivity index (χ2n) is 5.46. The third-order valence-electron chi connectivity index (χ3n) is 3.72. The van der Waals surface area contributed by atoms with E-state index < -0.39 is 0 Å². The molecule has 0 bridgehead atoms. The number of hydrogen-bond donors (Lipinski definition) is 3. The Hall–Kier alpha value is -1.34. The van der Waals surface area contributed by atoms with Crippen molar-refractivity contribution in [2.24, 2.45) is 5.92 Å². The lowest BCUT2D eigenvalue weighted by Gasteiger charge is -2.10. The lowest BCUT2D eigenvalue weighted by Crippen LogP contribution is -2.26. The van der Waals surface area contributed by atoms with Gasteiger partial charge in [-0.1, -0.05) is 0 Å². The fourth-order valence-corrected chi connectivity index (χ4v) is 3.06. The first-order valence-electron chi connectivity index (χ1n) is 7.11. The first kappa shape index (κ1) is 13.6. The zero-order valence-electron chi connectivity index (χ0n) is 11.4. The van der Waals surface area contributed by atoms with Crippen molar-refractivity contribution in [2.45, 2.75) is 31.7 Å². The molecular weight excluding hydrogens is 276 g/mol. The zero-order valence-corrected chi connectivity index (χ0v) is 12.2. The number of carbonyl (C=O) groups excluding carboxylic acids is 1. The highest BCUT2D eigenvalue weighted by Gasteiger charge is 2.27. The lowest BCUT2D eigenvalue weighted by atomic mass is 10.1. The van der Waals surface area contributed by atoms with Gasteiger partial charge < -0.3 is 21.1 Å². The Morgan fingerprint density at radius 3 is 3.00 bits per heavy atom. The number of anilines is 2. The molecule has 4 N–H and O–H groups in total. The zero-order chi connectivity index (χ0) is 13.9. The standard InChI is InChI=1S/C13H20N4O2S/c14-11-10(12(18)16-9-1-2-9)13(20-17-11)15-5-3-8-4-6-19-7-8/h8-9,15H,1-7H2,(H2,14,17)(H,16,18). The highest BCUT2D eigenvalue weighted by molar-refractivity contribution is 7.11. The summed E-state index contributed by atoms with van der Waals surface area (Å²) >= 11 is 1.26. The van der Waals surface area contributed by atoms with Crippen molar-refractivity contribution >= 4 is 28.3 Å². The molecule has 7 heteroatoms. The Morgan fingerprint density at radius 1 is 1.45 bits per heavy atom. The van der Waals surface area contributed by atoms with Gasteiger partial charge >= 0.3 is 0 Å². The molecule has 1 aliphatic carbocycles. The van der Waals surface area contributed by atoms with Gasteiger partial charge in [-0.2, -0.15) is 4.37 Å². The van der Waals surface area contributed by atoms with E-state index in [0.717, 1.165) is 50.4 Å². The number of nitrogen functional groups attached to an aromatic ring is 1. The van der Waals surface area contributed by atoms with Crippen LogP contribution in [-0.4, -0.2) is 36.1 Å². The monoisotopic (exact) mass is 296 g/mol. The molecule has 2 fully saturated rings. The van der Waals surface area contributed by atoms with Gasteiger partial charge in [-0.3, -0.25) is 4.79 Å². The minimum Gasteiger partial charge on any atom is -0.382 e. The summed E-state index contributed by atoms with van der Waals surface area (Å²) in [5, 5.41) is 7.03. The minimum atomic E-state index is -0.106. The number of aromatic nitrogens is 1. The Balaban J connectivity index is 1.56. The normalized spacial score (nSPS) is 21.9. The number of nitrogens with zero attached hydrogens (tertiary/aromatic N) is 1. The Kier molecular flexibility index (Phi) is 4.07. The van der Waals surface area contributed by atoms with Crippen LogP contribution in [0.25, 0.3) is 0 Å². The van der Waals surface area contributed by atoms with Crippen LogP contribution in [-0.2, 0) is 4.74 Å². The number of nitrogens with two attached hydrogens (primary N) is 1. The van der Waals surface area contributed by atoms with E-state index >= 15 is 0 Å². The van der Waals surface area contributed by atoms with Crippen LogP contribution in [0, 0.1) is 5.92 Å². The number of rotatable bonds is 6. The van der Waals surface area contributed by atoms with Gasteiger partial charge in [-0.15, -0.1) is 0 Å². The molecular formula is C13H20N4O2S. The predicted molar refractivity (Wildman–Crippen MR) is 79.0 cm³/mol. The van der Waals surface area contributed by atoms with Crippen molar-refractivity contribution in [1.29, 1.82) is 0 Å². The van der Waals surface area contributed by atoms with E-state index in [9.17, 15) is 4.79 Å². The Morgan fingerprint density at radius 2 is 2.30 bits per heavy atom. The summed E-state index contributed by atoms with van der Waals surface area (Å²) in [6.45, 7) is 2.54. The van der Waals surface area contributed by atoms with E-state index in [1.807, 2.05) is 0 Å². The molecule has 1 saturated carbocycles. The summed E-state index contributed by atoms with van der Waals surface area (Å²) in [6.07, 6.45) is 4.30. The van der Waals surface area contributed by atoms with Gasteiger partial charge in [0.25, 0.3) is 5.91 Å². The number of hydrogen-bond acceptors (Lipinski definition) is 6. The summed E-state index contributed by atoms with van der Waals surface area (Å²) < 4.78 is 9.44. The second-order valence-corrected chi connectivity index (χ2v) is 6.24. The molecule has 6 nitrogen and oxygen atoms in total. The van der Waals surface area contributed by atoms with Gasteiger partial charge in [0.05, 0.1) is 0 Å². The fraction of sp³-hybridized carbons (Fsp3) is 0.692. The summed E-state index contributed by atoms with van der Waals surface area (Å²) in [4.78, 5) is 12.1. The van der Waals surface area contributed by atoms with Crippen molar-refractivity contribution in [3.63, 3.8) is 0 Å². The van der Waals surface area contributed by atoms with Crippen molar-refractivity contribution in [3.8, 4) is 0 Å². The van der Waals surface area contributed by atoms with E-state index in [1.165, 1.54) is 11.5 Å². The fourth-order valence-electron chi connectivity index (χ4n) is 2.33. The molecule has 0 spiro atoms. The largest absolute Gasteiger partial charge is 0.382 e. The van der Waals surface area contributed by atoms with Gasteiger partial charge in [0.1, 0.15) is 10.6 Å². The van der Waals surface area contributed by atoms with Gasteiger partial charge in [-0.05, 0) is 43.1 Å². The van der Waals surface area contributed by atoms with E-state index in [0.29, 0.717) is 23.3 Å². The van der Waals surface area contributed by atoms with Crippen LogP contribution >= 0.6 is 11.5 Å². The van der Waals surface area contributed by atoms with Crippen LogP contribution in [0.15, 0.2) is 0 Å². The first-order chi connectivity index (χ1) is 9.74. The first-order valence-corrected chi connectivity index (χ1v) is 7.89. The molecule has 3 rings (SSSR count). The number of amides is 1. The van der Waals surface area contributed by atoms with Crippen LogP contribution in [0.3, 0.4) is 0 Å². The molecule has 1 aromatic rings. The smallest absolute Gasteiger partial charge is 0.258 e. The third-order valence-corrected chi connectivity index (χ3v) is 4.54. The van der Waals surface area contributed by atoms with Crippen LogP contribution in [0.5, 0.6) is 0 Å². The van der Waals surface area contributed by atoms with E-state index in [2.05, 4.69) is 15.0 Å². The van der Waals surface area contributed by atoms with E-state index in [1.54, 1.807) is 0 Å². The van der Waals surface area contributed by atoms with Crippen LogP contribution < -0.4 is 16.4 Å². The maximum atomic E-state index is 12.1. The molecule has 1 aromatic heterocycles. The van der Waals surface area contributed by atoms with Crippen LogP contribution in [0.2, 0.25) is 0 Å². The van der Waals surface area contributed by atoms with Crippen molar-refractivity contribution in [1.82, 2.24) is 9.69 Å². The molecule has 1 aliphatic heterocycles. The molecule has 1 amide bonds. The average molecular weight is 296 g/mol. The minimum absolute atomic E-state index is 0.106. The Labute approximate surface area is 122 Å². The molecule has 1 saturated heterocycles. The van der Waals surface area contributed by atoms with Crippen molar-refractivity contribution in [2.75, 3.05) is 30.8 Å². The van der Waals surface area contributed by atoms with Gasteiger partial charge in [0.15, 0.2) is 5.82 Å². The summed E-state index contributed by atoms with van der Waals surface area (Å²) in [5.74, 6) is 0.835. The quantitative estimate of drug-likeness (QED) is 0.739. The highest BCUT2D eigenvalue weighted by atomic mass is 32.1. The molecule has 1 atom stereocenters. The van der Waals surface area contributed by atoms with E-state index in [4.69, 9.17) is 10.5 Å². The van der Waals surface area contributed by atoms with Gasteiger partial charge in [0, 0.05) is 25.8 Å². The summed E-state index contributed by atoms with van der Waals surface area (Å²) in [6, 6.07) is 0.324. The maximum Gasteiger partial charge on any atom is 0.258 e. The maximum absolute atomic E-state index is 12.1.